The monoisotopic (exact) mass is 263 g/mol. The van der Waals surface area contributed by atoms with Crippen molar-refractivity contribution in [2.24, 2.45) is 7.05 Å². The van der Waals surface area contributed by atoms with E-state index in [2.05, 4.69) is 35.5 Å². The van der Waals surface area contributed by atoms with E-state index in [1.54, 1.807) is 0 Å². The maximum Gasteiger partial charge on any atom is 0.0797 e. The summed E-state index contributed by atoms with van der Waals surface area (Å²) in [6, 6.07) is 10.3. The van der Waals surface area contributed by atoms with Crippen molar-refractivity contribution < 1.29 is 0 Å². The lowest BCUT2D eigenvalue weighted by molar-refractivity contribution is 0.528. The summed E-state index contributed by atoms with van der Waals surface area (Å²) in [4.78, 5) is 0. The van der Waals surface area contributed by atoms with Crippen molar-refractivity contribution in [3.05, 3.63) is 52.8 Å². The molecule has 3 nitrogen and oxygen atoms in total. The van der Waals surface area contributed by atoms with E-state index in [4.69, 9.17) is 11.6 Å². The molecule has 2 aromatic rings. The number of likely N-dealkylation sites (N-methyl/N-ethyl adjacent to an activating group) is 1. The average molecular weight is 264 g/mol. The Bertz CT molecular complexity index is 490. The van der Waals surface area contributed by atoms with Gasteiger partial charge in [0.25, 0.3) is 0 Å². The van der Waals surface area contributed by atoms with Crippen LogP contribution in [0.25, 0.3) is 0 Å². The van der Waals surface area contributed by atoms with Crippen LogP contribution in [0.3, 0.4) is 0 Å². The van der Waals surface area contributed by atoms with Crippen LogP contribution in [-0.2, 0) is 13.5 Å². The van der Waals surface area contributed by atoms with Crippen LogP contribution < -0.4 is 5.32 Å². The standard InChI is InChI=1S/C14H18ClN3/c1-3-16-14(13-8-9-18(2)17-13)10-11-4-6-12(15)7-5-11/h4-9,14,16H,3,10H2,1-2H3. The second-order valence-corrected chi connectivity index (χ2v) is 4.79. The summed E-state index contributed by atoms with van der Waals surface area (Å²) in [6.45, 7) is 3.03. The lowest BCUT2D eigenvalue weighted by Crippen LogP contribution is -2.23. The number of aryl methyl sites for hydroxylation is 1. The highest BCUT2D eigenvalue weighted by Crippen LogP contribution is 2.18. The van der Waals surface area contributed by atoms with Gasteiger partial charge in [0.05, 0.1) is 11.7 Å². The number of benzene rings is 1. The summed E-state index contributed by atoms with van der Waals surface area (Å²) in [5, 5.41) is 8.71. The predicted molar refractivity (Wildman–Crippen MR) is 74.8 cm³/mol. The lowest BCUT2D eigenvalue weighted by atomic mass is 10.0. The SMILES string of the molecule is CCNC(Cc1ccc(Cl)cc1)c1ccn(C)n1. The summed E-state index contributed by atoms with van der Waals surface area (Å²) in [5.74, 6) is 0. The topological polar surface area (TPSA) is 29.9 Å². The Morgan fingerprint density at radius 1 is 1.28 bits per heavy atom. The van der Waals surface area contributed by atoms with E-state index < -0.39 is 0 Å². The molecule has 0 bridgehead atoms. The molecule has 2 rings (SSSR count). The molecule has 0 saturated carbocycles. The molecule has 96 valence electrons. The van der Waals surface area contributed by atoms with Crippen LogP contribution >= 0.6 is 11.6 Å². The molecule has 1 atom stereocenters. The average Bonchev–Trinajstić information content (AvgIpc) is 2.78. The minimum absolute atomic E-state index is 0.248. The quantitative estimate of drug-likeness (QED) is 0.899. The zero-order chi connectivity index (χ0) is 13.0. The number of nitrogens with zero attached hydrogens (tertiary/aromatic N) is 2. The summed E-state index contributed by atoms with van der Waals surface area (Å²) >= 11 is 5.90. The molecule has 0 aliphatic carbocycles. The van der Waals surface area contributed by atoms with E-state index in [0.717, 1.165) is 23.7 Å². The van der Waals surface area contributed by atoms with Crippen LogP contribution in [0.1, 0.15) is 24.2 Å². The number of hydrogen-bond donors (Lipinski definition) is 1. The number of hydrogen-bond acceptors (Lipinski definition) is 2. The number of halogens is 1. The van der Waals surface area contributed by atoms with Gasteiger partial charge >= 0.3 is 0 Å². The van der Waals surface area contributed by atoms with Crippen LogP contribution in [0.15, 0.2) is 36.5 Å². The highest BCUT2D eigenvalue weighted by Gasteiger charge is 2.13. The van der Waals surface area contributed by atoms with Crippen molar-refractivity contribution >= 4 is 11.6 Å². The molecule has 18 heavy (non-hydrogen) atoms. The van der Waals surface area contributed by atoms with Gasteiger partial charge in [-0.3, -0.25) is 4.68 Å². The maximum absolute atomic E-state index is 5.90. The van der Waals surface area contributed by atoms with Crippen LogP contribution in [0.5, 0.6) is 0 Å². The molecule has 1 heterocycles. The van der Waals surface area contributed by atoms with Crippen molar-refractivity contribution in [3.63, 3.8) is 0 Å². The summed E-state index contributed by atoms with van der Waals surface area (Å²) in [6.07, 6.45) is 2.89. The molecular weight excluding hydrogens is 246 g/mol. The van der Waals surface area contributed by atoms with Crippen molar-refractivity contribution in [1.29, 1.82) is 0 Å². The second kappa shape index (κ2) is 6.03. The Hall–Kier alpha value is -1.32. The normalized spacial score (nSPS) is 12.6. The lowest BCUT2D eigenvalue weighted by Gasteiger charge is -2.15. The third-order valence-corrected chi connectivity index (χ3v) is 3.15. The molecular formula is C14H18ClN3. The first-order valence-corrected chi connectivity index (χ1v) is 6.54. The van der Waals surface area contributed by atoms with Crippen LogP contribution in [0.4, 0.5) is 0 Å². The van der Waals surface area contributed by atoms with E-state index >= 15 is 0 Å². The Balaban J connectivity index is 2.13. The molecule has 1 unspecified atom stereocenters. The Labute approximate surface area is 113 Å². The van der Waals surface area contributed by atoms with Gasteiger partial charge in [-0.2, -0.15) is 5.10 Å². The zero-order valence-corrected chi connectivity index (χ0v) is 11.5. The van der Waals surface area contributed by atoms with E-state index in [-0.39, 0.29) is 6.04 Å². The second-order valence-electron chi connectivity index (χ2n) is 4.36. The molecule has 1 aromatic heterocycles. The fraction of sp³-hybridized carbons (Fsp3) is 0.357. The smallest absolute Gasteiger partial charge is 0.0797 e. The van der Waals surface area contributed by atoms with E-state index in [1.807, 2.05) is 30.1 Å². The van der Waals surface area contributed by atoms with Gasteiger partial charge in [-0.15, -0.1) is 0 Å². The minimum atomic E-state index is 0.248. The van der Waals surface area contributed by atoms with Crippen molar-refractivity contribution in [3.8, 4) is 0 Å². The third kappa shape index (κ3) is 3.34. The van der Waals surface area contributed by atoms with Gasteiger partial charge < -0.3 is 5.32 Å². The van der Waals surface area contributed by atoms with E-state index in [9.17, 15) is 0 Å². The van der Waals surface area contributed by atoms with Gasteiger partial charge in [-0.25, -0.2) is 0 Å². The van der Waals surface area contributed by atoms with Crippen LogP contribution in [0, 0.1) is 0 Å². The van der Waals surface area contributed by atoms with Gasteiger partial charge in [-0.1, -0.05) is 30.7 Å². The number of aromatic nitrogens is 2. The van der Waals surface area contributed by atoms with Crippen LogP contribution in [0.2, 0.25) is 5.02 Å². The number of nitrogens with one attached hydrogen (secondary N) is 1. The van der Waals surface area contributed by atoms with Gasteiger partial charge in [0.15, 0.2) is 0 Å². The van der Waals surface area contributed by atoms with E-state index in [0.29, 0.717) is 0 Å². The molecule has 0 radical (unpaired) electrons. The van der Waals surface area contributed by atoms with Gasteiger partial charge in [-0.05, 0) is 36.7 Å². The summed E-state index contributed by atoms with van der Waals surface area (Å²) < 4.78 is 1.83. The van der Waals surface area contributed by atoms with Gasteiger partial charge in [0.2, 0.25) is 0 Å². The molecule has 1 N–H and O–H groups in total. The van der Waals surface area contributed by atoms with Gasteiger partial charge in [0, 0.05) is 18.3 Å². The van der Waals surface area contributed by atoms with Gasteiger partial charge in [0.1, 0.15) is 0 Å². The summed E-state index contributed by atoms with van der Waals surface area (Å²) in [7, 11) is 1.94. The Morgan fingerprint density at radius 2 is 2.00 bits per heavy atom. The van der Waals surface area contributed by atoms with Crippen molar-refractivity contribution in [2.75, 3.05) is 6.54 Å². The maximum atomic E-state index is 5.90. The van der Waals surface area contributed by atoms with Crippen molar-refractivity contribution in [2.45, 2.75) is 19.4 Å². The zero-order valence-electron chi connectivity index (χ0n) is 10.7. The Morgan fingerprint density at radius 3 is 2.56 bits per heavy atom. The Kier molecular flexibility index (Phi) is 4.39. The first-order chi connectivity index (χ1) is 8.69. The molecule has 0 aliphatic heterocycles. The molecule has 0 spiro atoms. The summed E-state index contributed by atoms with van der Waals surface area (Å²) in [5.41, 5.74) is 2.34. The first-order valence-electron chi connectivity index (χ1n) is 6.16. The third-order valence-electron chi connectivity index (χ3n) is 2.89. The molecule has 0 saturated heterocycles. The van der Waals surface area contributed by atoms with Crippen LogP contribution in [-0.4, -0.2) is 16.3 Å². The molecule has 0 fully saturated rings. The first kappa shape index (κ1) is 13.1. The van der Waals surface area contributed by atoms with E-state index in [1.165, 1.54) is 5.56 Å². The fourth-order valence-electron chi connectivity index (χ4n) is 2.00. The highest BCUT2D eigenvalue weighted by atomic mass is 35.5. The molecule has 0 amide bonds. The predicted octanol–water partition coefficient (Wildman–Crippen LogP) is 2.97. The minimum Gasteiger partial charge on any atom is -0.309 e. The molecule has 1 aromatic carbocycles. The molecule has 4 heteroatoms. The fourth-order valence-corrected chi connectivity index (χ4v) is 2.13. The van der Waals surface area contributed by atoms with Crippen molar-refractivity contribution in [1.82, 2.24) is 15.1 Å². The number of rotatable bonds is 5. The molecule has 0 aliphatic rings. The largest absolute Gasteiger partial charge is 0.309 e. The highest BCUT2D eigenvalue weighted by molar-refractivity contribution is 6.30.